The van der Waals surface area contributed by atoms with E-state index >= 15 is 0 Å². The third kappa shape index (κ3) is 7.33. The first-order valence-corrected chi connectivity index (χ1v) is 11.2. The maximum absolute atomic E-state index is 12.5. The molecule has 1 aromatic heterocycles. The van der Waals surface area contributed by atoms with Gasteiger partial charge in [-0.15, -0.1) is 0 Å². The predicted octanol–water partition coefficient (Wildman–Crippen LogP) is 3.97. The van der Waals surface area contributed by atoms with Crippen LogP contribution >= 0.6 is 0 Å². The Labute approximate surface area is 186 Å². The monoisotopic (exact) mass is 425 g/mol. The number of nitrogens with zero attached hydrogens (tertiary/aromatic N) is 2. The topological polar surface area (TPSA) is 63.7 Å². The number of rotatable bonds is 10. The SMILES string of the molecule is COCCC(=O)N[C@@H](c1ccccn1)[C@H]1CCCN(Cc2ccc(OC(C)C)cc2)C1. The van der Waals surface area contributed by atoms with E-state index in [-0.39, 0.29) is 18.1 Å². The van der Waals surface area contributed by atoms with Crippen LogP contribution in [0.5, 0.6) is 5.75 Å². The van der Waals surface area contributed by atoms with Gasteiger partial charge in [-0.05, 0) is 69.0 Å². The molecule has 1 amide bonds. The van der Waals surface area contributed by atoms with Gasteiger partial charge in [0, 0.05) is 32.8 Å². The van der Waals surface area contributed by atoms with Crippen LogP contribution in [0.4, 0.5) is 0 Å². The minimum Gasteiger partial charge on any atom is -0.491 e. The Bertz CT molecular complexity index is 795. The summed E-state index contributed by atoms with van der Waals surface area (Å²) in [5.41, 5.74) is 2.20. The number of piperidine rings is 1. The van der Waals surface area contributed by atoms with Gasteiger partial charge in [-0.25, -0.2) is 0 Å². The summed E-state index contributed by atoms with van der Waals surface area (Å²) in [6.45, 7) is 7.38. The van der Waals surface area contributed by atoms with Crippen LogP contribution in [0, 0.1) is 5.92 Å². The molecule has 3 rings (SSSR count). The van der Waals surface area contributed by atoms with Crippen molar-refractivity contribution in [3.05, 3.63) is 59.9 Å². The van der Waals surface area contributed by atoms with Crippen molar-refractivity contribution in [2.24, 2.45) is 5.92 Å². The van der Waals surface area contributed by atoms with Gasteiger partial charge in [0.25, 0.3) is 0 Å². The highest BCUT2D eigenvalue weighted by atomic mass is 16.5. The summed E-state index contributed by atoms with van der Waals surface area (Å²) < 4.78 is 10.8. The Hall–Kier alpha value is -2.44. The lowest BCUT2D eigenvalue weighted by Gasteiger charge is -2.37. The summed E-state index contributed by atoms with van der Waals surface area (Å²) in [7, 11) is 1.62. The number of likely N-dealkylation sites (tertiary alicyclic amines) is 1. The van der Waals surface area contributed by atoms with Crippen molar-refractivity contribution in [1.82, 2.24) is 15.2 Å². The van der Waals surface area contributed by atoms with Crippen molar-refractivity contribution < 1.29 is 14.3 Å². The molecule has 2 atom stereocenters. The average molecular weight is 426 g/mol. The third-order valence-electron chi connectivity index (χ3n) is 5.57. The highest BCUT2D eigenvalue weighted by molar-refractivity contribution is 5.76. The molecule has 6 heteroatoms. The molecule has 1 aliphatic rings. The first-order valence-electron chi connectivity index (χ1n) is 11.2. The fraction of sp³-hybridized carbons (Fsp3) is 0.520. The maximum atomic E-state index is 12.5. The van der Waals surface area contributed by atoms with Crippen molar-refractivity contribution in [2.45, 2.75) is 51.8 Å². The second-order valence-corrected chi connectivity index (χ2v) is 8.49. The van der Waals surface area contributed by atoms with E-state index in [0.29, 0.717) is 18.9 Å². The van der Waals surface area contributed by atoms with Gasteiger partial charge < -0.3 is 14.8 Å². The molecule has 0 unspecified atom stereocenters. The number of benzene rings is 1. The Morgan fingerprint density at radius 3 is 2.71 bits per heavy atom. The van der Waals surface area contributed by atoms with E-state index in [9.17, 15) is 4.79 Å². The quantitative estimate of drug-likeness (QED) is 0.624. The summed E-state index contributed by atoms with van der Waals surface area (Å²) in [6, 6.07) is 14.2. The maximum Gasteiger partial charge on any atom is 0.222 e. The van der Waals surface area contributed by atoms with Gasteiger partial charge in [-0.2, -0.15) is 0 Å². The van der Waals surface area contributed by atoms with Crippen molar-refractivity contribution in [2.75, 3.05) is 26.8 Å². The number of ether oxygens (including phenoxy) is 2. The number of methoxy groups -OCH3 is 1. The van der Waals surface area contributed by atoms with Crippen LogP contribution in [0.2, 0.25) is 0 Å². The molecule has 0 radical (unpaired) electrons. The summed E-state index contributed by atoms with van der Waals surface area (Å²) in [5.74, 6) is 1.23. The van der Waals surface area contributed by atoms with Gasteiger partial charge in [0.15, 0.2) is 0 Å². The van der Waals surface area contributed by atoms with Crippen molar-refractivity contribution in [3.63, 3.8) is 0 Å². The standard InChI is InChI=1S/C25H35N3O3/c1-19(2)31-22-11-9-20(10-12-22)17-28-15-6-7-21(18-28)25(23-8-4-5-14-26-23)27-24(29)13-16-30-3/h4-5,8-12,14,19,21,25H,6-7,13,15-18H2,1-3H3,(H,27,29)/t21-,25+/m0/s1. The van der Waals surface area contributed by atoms with E-state index in [1.165, 1.54) is 5.56 Å². The Kier molecular flexibility index (Phi) is 8.85. The Balaban J connectivity index is 1.66. The Morgan fingerprint density at radius 1 is 1.23 bits per heavy atom. The molecule has 0 aliphatic carbocycles. The van der Waals surface area contributed by atoms with Crippen molar-refractivity contribution >= 4 is 5.91 Å². The van der Waals surface area contributed by atoms with Crippen LogP contribution in [0.1, 0.15) is 50.4 Å². The van der Waals surface area contributed by atoms with Gasteiger partial charge in [0.2, 0.25) is 5.91 Å². The zero-order chi connectivity index (χ0) is 22.1. The molecular weight excluding hydrogens is 390 g/mol. The number of carbonyl (C=O) groups is 1. The van der Waals surface area contributed by atoms with Gasteiger partial charge in [-0.1, -0.05) is 18.2 Å². The van der Waals surface area contributed by atoms with Crippen molar-refractivity contribution in [3.8, 4) is 5.75 Å². The number of aromatic nitrogens is 1. The average Bonchev–Trinajstić information content (AvgIpc) is 2.78. The van der Waals surface area contributed by atoms with E-state index in [1.807, 2.05) is 44.2 Å². The molecule has 2 heterocycles. The molecule has 1 N–H and O–H groups in total. The zero-order valence-corrected chi connectivity index (χ0v) is 18.9. The van der Waals surface area contributed by atoms with Gasteiger partial charge >= 0.3 is 0 Å². The second kappa shape index (κ2) is 11.8. The number of pyridine rings is 1. The lowest BCUT2D eigenvalue weighted by molar-refractivity contribution is -0.123. The second-order valence-electron chi connectivity index (χ2n) is 8.49. The molecule has 0 spiro atoms. The molecule has 1 fully saturated rings. The highest BCUT2D eigenvalue weighted by Crippen LogP contribution is 2.30. The van der Waals surface area contributed by atoms with E-state index < -0.39 is 0 Å². The number of nitrogens with one attached hydrogen (secondary N) is 1. The first kappa shape index (κ1) is 23.2. The van der Waals surface area contributed by atoms with E-state index in [4.69, 9.17) is 9.47 Å². The van der Waals surface area contributed by atoms with Crippen molar-refractivity contribution in [1.29, 1.82) is 0 Å². The normalized spacial score (nSPS) is 18.0. The van der Waals surface area contributed by atoms with Crippen LogP contribution in [0.25, 0.3) is 0 Å². The van der Waals surface area contributed by atoms with Gasteiger partial charge in [-0.3, -0.25) is 14.7 Å². The largest absolute Gasteiger partial charge is 0.491 e. The Morgan fingerprint density at radius 2 is 2.03 bits per heavy atom. The van der Waals surface area contributed by atoms with Gasteiger partial charge in [0.05, 0.1) is 24.4 Å². The molecule has 6 nitrogen and oxygen atoms in total. The number of carbonyl (C=O) groups excluding carboxylic acids is 1. The fourth-order valence-corrected chi connectivity index (χ4v) is 4.14. The molecule has 0 saturated carbocycles. The molecule has 1 aromatic carbocycles. The number of amides is 1. The fourth-order valence-electron chi connectivity index (χ4n) is 4.14. The van der Waals surface area contributed by atoms with Gasteiger partial charge in [0.1, 0.15) is 5.75 Å². The van der Waals surface area contributed by atoms with Crippen LogP contribution in [0.15, 0.2) is 48.7 Å². The summed E-state index contributed by atoms with van der Waals surface area (Å²) in [4.78, 5) is 19.5. The predicted molar refractivity (Wildman–Crippen MR) is 122 cm³/mol. The minimum atomic E-state index is -0.0878. The molecule has 0 bridgehead atoms. The number of hydrogen-bond donors (Lipinski definition) is 1. The molecular formula is C25H35N3O3. The lowest BCUT2D eigenvalue weighted by Crippen LogP contribution is -2.43. The summed E-state index contributed by atoms with van der Waals surface area (Å²) in [5, 5.41) is 3.22. The van der Waals surface area contributed by atoms with Crippen LogP contribution < -0.4 is 10.1 Å². The molecule has 1 saturated heterocycles. The molecule has 168 valence electrons. The first-order chi connectivity index (χ1) is 15.0. The van der Waals surface area contributed by atoms with Crippen LogP contribution in [0.3, 0.4) is 0 Å². The smallest absolute Gasteiger partial charge is 0.222 e. The summed E-state index contributed by atoms with van der Waals surface area (Å²) in [6.07, 6.45) is 4.52. The van der Waals surface area contributed by atoms with E-state index in [1.54, 1.807) is 13.3 Å². The molecule has 1 aliphatic heterocycles. The van der Waals surface area contributed by atoms with Crippen LogP contribution in [-0.2, 0) is 16.1 Å². The molecule has 2 aromatic rings. The summed E-state index contributed by atoms with van der Waals surface area (Å²) >= 11 is 0. The van der Waals surface area contributed by atoms with E-state index in [2.05, 4.69) is 27.3 Å². The highest BCUT2D eigenvalue weighted by Gasteiger charge is 2.30. The number of hydrogen-bond acceptors (Lipinski definition) is 5. The lowest BCUT2D eigenvalue weighted by atomic mass is 9.88. The minimum absolute atomic E-state index is 0.00960. The van der Waals surface area contributed by atoms with E-state index in [0.717, 1.165) is 43.9 Å². The zero-order valence-electron chi connectivity index (χ0n) is 18.9. The molecule has 31 heavy (non-hydrogen) atoms. The van der Waals surface area contributed by atoms with Crippen LogP contribution in [-0.4, -0.2) is 48.7 Å². The third-order valence-corrected chi connectivity index (χ3v) is 5.57.